The van der Waals surface area contributed by atoms with Crippen LogP contribution in [0.3, 0.4) is 0 Å². The third kappa shape index (κ3) is 3.06. The van der Waals surface area contributed by atoms with E-state index in [0.717, 1.165) is 12.2 Å². The lowest BCUT2D eigenvalue weighted by atomic mass is 9.92. The van der Waals surface area contributed by atoms with Gasteiger partial charge in [-0.3, -0.25) is 0 Å². The third-order valence-electron chi connectivity index (χ3n) is 3.80. The topological polar surface area (TPSA) is 56.7 Å². The standard InChI is InChI=1S/C13H24N4/c1-10(2)17-13(15-9-16-17)8-11-6-4-3-5-7-12(11)14/h9-12H,3-8,14H2,1-2H3. The molecule has 0 aromatic carbocycles. The Hall–Kier alpha value is -0.900. The molecule has 2 N–H and O–H groups in total. The molecule has 17 heavy (non-hydrogen) atoms. The molecule has 1 aromatic rings. The Morgan fingerprint density at radius 2 is 2.12 bits per heavy atom. The van der Waals surface area contributed by atoms with Gasteiger partial charge in [0, 0.05) is 18.5 Å². The predicted octanol–water partition coefficient (Wildman–Crippen LogP) is 2.31. The van der Waals surface area contributed by atoms with Gasteiger partial charge >= 0.3 is 0 Å². The highest BCUT2D eigenvalue weighted by atomic mass is 15.3. The molecule has 0 aliphatic heterocycles. The van der Waals surface area contributed by atoms with E-state index in [2.05, 4.69) is 23.9 Å². The number of aromatic nitrogens is 3. The maximum atomic E-state index is 6.26. The number of hydrogen-bond donors (Lipinski definition) is 1. The molecule has 4 nitrogen and oxygen atoms in total. The van der Waals surface area contributed by atoms with Gasteiger partial charge in [-0.05, 0) is 32.6 Å². The quantitative estimate of drug-likeness (QED) is 0.819. The van der Waals surface area contributed by atoms with Gasteiger partial charge in [0.15, 0.2) is 0 Å². The molecule has 0 amide bonds. The first-order valence-corrected chi connectivity index (χ1v) is 6.82. The van der Waals surface area contributed by atoms with E-state index in [1.807, 2.05) is 4.68 Å². The van der Waals surface area contributed by atoms with Gasteiger partial charge in [-0.2, -0.15) is 5.10 Å². The normalized spacial score (nSPS) is 26.1. The molecule has 1 heterocycles. The molecule has 1 fully saturated rings. The molecule has 1 aliphatic rings. The average Bonchev–Trinajstić information content (AvgIpc) is 2.66. The second kappa shape index (κ2) is 5.63. The van der Waals surface area contributed by atoms with Gasteiger partial charge in [0.2, 0.25) is 0 Å². The first kappa shape index (κ1) is 12.6. The van der Waals surface area contributed by atoms with E-state index < -0.39 is 0 Å². The fourth-order valence-electron chi connectivity index (χ4n) is 2.75. The van der Waals surface area contributed by atoms with Crippen molar-refractivity contribution in [3.8, 4) is 0 Å². The van der Waals surface area contributed by atoms with Gasteiger partial charge in [-0.1, -0.05) is 19.3 Å². The van der Waals surface area contributed by atoms with Gasteiger partial charge in [-0.15, -0.1) is 0 Å². The smallest absolute Gasteiger partial charge is 0.138 e. The van der Waals surface area contributed by atoms with E-state index in [9.17, 15) is 0 Å². The van der Waals surface area contributed by atoms with E-state index in [1.165, 1.54) is 32.1 Å². The van der Waals surface area contributed by atoms with Crippen LogP contribution in [0.1, 0.15) is 57.8 Å². The first-order valence-electron chi connectivity index (χ1n) is 6.82. The van der Waals surface area contributed by atoms with Crippen LogP contribution < -0.4 is 5.73 Å². The number of hydrogen-bond acceptors (Lipinski definition) is 3. The summed E-state index contributed by atoms with van der Waals surface area (Å²) in [4.78, 5) is 4.39. The molecule has 2 rings (SSSR count). The Kier molecular flexibility index (Phi) is 4.15. The summed E-state index contributed by atoms with van der Waals surface area (Å²) >= 11 is 0. The third-order valence-corrected chi connectivity index (χ3v) is 3.80. The summed E-state index contributed by atoms with van der Waals surface area (Å²) in [6.07, 6.45) is 8.99. The highest BCUT2D eigenvalue weighted by Gasteiger charge is 2.23. The van der Waals surface area contributed by atoms with Crippen molar-refractivity contribution in [2.75, 3.05) is 0 Å². The molecule has 0 saturated heterocycles. The molecule has 4 heteroatoms. The molecule has 96 valence electrons. The Morgan fingerprint density at radius 1 is 1.35 bits per heavy atom. The fraction of sp³-hybridized carbons (Fsp3) is 0.846. The van der Waals surface area contributed by atoms with E-state index in [-0.39, 0.29) is 0 Å². The molecule has 0 radical (unpaired) electrons. The van der Waals surface area contributed by atoms with Gasteiger partial charge in [0.25, 0.3) is 0 Å². The van der Waals surface area contributed by atoms with Crippen LogP contribution in [0.5, 0.6) is 0 Å². The minimum Gasteiger partial charge on any atom is -0.327 e. The van der Waals surface area contributed by atoms with E-state index in [0.29, 0.717) is 18.0 Å². The second-order valence-electron chi connectivity index (χ2n) is 5.48. The Bertz CT molecular complexity index is 345. The molecular formula is C13H24N4. The molecule has 0 spiro atoms. The second-order valence-corrected chi connectivity index (χ2v) is 5.48. The van der Waals surface area contributed by atoms with Crippen LogP contribution in [-0.2, 0) is 6.42 Å². The zero-order valence-corrected chi connectivity index (χ0v) is 11.0. The average molecular weight is 236 g/mol. The molecule has 1 saturated carbocycles. The zero-order valence-electron chi connectivity index (χ0n) is 11.0. The SMILES string of the molecule is CC(C)n1ncnc1CC1CCCCCC1N. The molecule has 2 atom stereocenters. The largest absolute Gasteiger partial charge is 0.327 e. The van der Waals surface area contributed by atoms with Gasteiger partial charge in [0.1, 0.15) is 12.2 Å². The van der Waals surface area contributed by atoms with E-state index >= 15 is 0 Å². The van der Waals surface area contributed by atoms with Crippen LogP contribution in [0.15, 0.2) is 6.33 Å². The van der Waals surface area contributed by atoms with Crippen molar-refractivity contribution in [2.45, 2.75) is 64.5 Å². The monoisotopic (exact) mass is 236 g/mol. The Morgan fingerprint density at radius 3 is 2.88 bits per heavy atom. The fourth-order valence-corrected chi connectivity index (χ4v) is 2.75. The van der Waals surface area contributed by atoms with E-state index in [4.69, 9.17) is 5.73 Å². The van der Waals surface area contributed by atoms with Gasteiger partial charge in [0.05, 0.1) is 0 Å². The summed E-state index contributed by atoms with van der Waals surface area (Å²) < 4.78 is 2.03. The number of nitrogens with zero attached hydrogens (tertiary/aromatic N) is 3. The summed E-state index contributed by atoms with van der Waals surface area (Å²) in [5, 5.41) is 4.29. The van der Waals surface area contributed by atoms with Crippen molar-refractivity contribution in [1.29, 1.82) is 0 Å². The van der Waals surface area contributed by atoms with Crippen molar-refractivity contribution < 1.29 is 0 Å². The summed E-state index contributed by atoms with van der Waals surface area (Å²) in [6, 6.07) is 0.726. The maximum Gasteiger partial charge on any atom is 0.138 e. The first-order chi connectivity index (χ1) is 8.18. The molecule has 0 bridgehead atoms. The molecule has 1 aromatic heterocycles. The minimum atomic E-state index is 0.342. The predicted molar refractivity (Wildman–Crippen MR) is 68.7 cm³/mol. The van der Waals surface area contributed by atoms with Crippen molar-refractivity contribution in [3.63, 3.8) is 0 Å². The van der Waals surface area contributed by atoms with Crippen molar-refractivity contribution >= 4 is 0 Å². The van der Waals surface area contributed by atoms with Crippen LogP contribution >= 0.6 is 0 Å². The van der Waals surface area contributed by atoms with Gasteiger partial charge in [-0.25, -0.2) is 9.67 Å². The summed E-state index contributed by atoms with van der Waals surface area (Å²) in [7, 11) is 0. The lowest BCUT2D eigenvalue weighted by Crippen LogP contribution is -2.31. The highest BCUT2D eigenvalue weighted by molar-refractivity contribution is 4.92. The summed E-state index contributed by atoms with van der Waals surface area (Å²) in [5.74, 6) is 1.68. The minimum absolute atomic E-state index is 0.342. The van der Waals surface area contributed by atoms with Crippen LogP contribution in [0.25, 0.3) is 0 Å². The molecule has 1 aliphatic carbocycles. The van der Waals surface area contributed by atoms with Crippen LogP contribution in [-0.4, -0.2) is 20.8 Å². The Labute approximate surface area is 104 Å². The van der Waals surface area contributed by atoms with Crippen molar-refractivity contribution in [2.24, 2.45) is 11.7 Å². The van der Waals surface area contributed by atoms with Crippen molar-refractivity contribution in [3.05, 3.63) is 12.2 Å². The summed E-state index contributed by atoms with van der Waals surface area (Å²) in [6.45, 7) is 4.29. The Balaban J connectivity index is 2.05. The van der Waals surface area contributed by atoms with Crippen LogP contribution in [0, 0.1) is 5.92 Å². The lowest BCUT2D eigenvalue weighted by molar-refractivity contribution is 0.373. The maximum absolute atomic E-state index is 6.26. The number of nitrogens with two attached hydrogens (primary N) is 1. The van der Waals surface area contributed by atoms with Crippen molar-refractivity contribution in [1.82, 2.24) is 14.8 Å². The lowest BCUT2D eigenvalue weighted by Gasteiger charge is -2.21. The summed E-state index contributed by atoms with van der Waals surface area (Å²) in [5.41, 5.74) is 6.26. The van der Waals surface area contributed by atoms with Gasteiger partial charge < -0.3 is 5.73 Å². The highest BCUT2D eigenvalue weighted by Crippen LogP contribution is 2.25. The number of rotatable bonds is 3. The van der Waals surface area contributed by atoms with E-state index in [1.54, 1.807) is 6.33 Å². The van der Waals surface area contributed by atoms with Crippen LogP contribution in [0.4, 0.5) is 0 Å². The van der Waals surface area contributed by atoms with Crippen LogP contribution in [0.2, 0.25) is 0 Å². The zero-order chi connectivity index (χ0) is 12.3. The molecular weight excluding hydrogens is 212 g/mol. The molecule has 2 unspecified atom stereocenters.